The van der Waals surface area contributed by atoms with Crippen LogP contribution in [0, 0.1) is 0 Å². The number of carbonyl (C=O) groups is 1. The van der Waals surface area contributed by atoms with Crippen LogP contribution in [0.1, 0.15) is 29.3 Å². The highest BCUT2D eigenvalue weighted by atomic mass is 32.2. The molecular weight excluding hydrogens is 388 g/mol. The number of rotatable bonds is 7. The van der Waals surface area contributed by atoms with Gasteiger partial charge in [-0.2, -0.15) is 0 Å². The van der Waals surface area contributed by atoms with E-state index in [2.05, 4.69) is 0 Å². The number of hydrogen-bond acceptors (Lipinski definition) is 5. The molecule has 1 saturated heterocycles. The Kier molecular flexibility index (Phi) is 6.47. The number of amides is 1. The largest absolute Gasteiger partial charge is 0.493 e. The predicted molar refractivity (Wildman–Crippen MR) is 115 cm³/mol. The van der Waals surface area contributed by atoms with Gasteiger partial charge in [-0.25, -0.2) is 8.42 Å². The lowest BCUT2D eigenvalue weighted by Crippen LogP contribution is -2.40. The number of hydrogen-bond donors (Lipinski definition) is 0. The fraction of sp³-hybridized carbons (Fsp3) is 0.409. The number of para-hydroxylation sites is 1. The van der Waals surface area contributed by atoms with E-state index in [1.54, 1.807) is 23.1 Å². The first-order valence-corrected chi connectivity index (χ1v) is 11.6. The summed E-state index contributed by atoms with van der Waals surface area (Å²) in [7, 11) is 0.824. The van der Waals surface area contributed by atoms with Crippen LogP contribution in [0.2, 0.25) is 0 Å². The molecule has 1 heterocycles. The monoisotopic (exact) mass is 416 g/mol. The highest BCUT2D eigenvalue weighted by molar-refractivity contribution is 7.91. The van der Waals surface area contributed by atoms with E-state index in [9.17, 15) is 13.2 Å². The third-order valence-corrected chi connectivity index (χ3v) is 6.88. The van der Waals surface area contributed by atoms with Gasteiger partial charge in [0.2, 0.25) is 0 Å². The minimum Gasteiger partial charge on any atom is -0.493 e. The number of anilines is 1. The molecule has 7 heteroatoms. The zero-order valence-corrected chi connectivity index (χ0v) is 18.0. The van der Waals surface area contributed by atoms with Gasteiger partial charge >= 0.3 is 0 Å². The number of nitrogens with zero attached hydrogens (tertiary/aromatic N) is 2. The van der Waals surface area contributed by atoms with Gasteiger partial charge in [0.25, 0.3) is 5.91 Å². The molecule has 2 aromatic carbocycles. The van der Waals surface area contributed by atoms with E-state index in [0.717, 1.165) is 11.3 Å². The summed E-state index contributed by atoms with van der Waals surface area (Å²) in [5, 5.41) is 0. The van der Waals surface area contributed by atoms with Crippen molar-refractivity contribution in [3.05, 3.63) is 59.7 Å². The lowest BCUT2D eigenvalue weighted by atomic mass is 10.1. The van der Waals surface area contributed by atoms with Crippen LogP contribution in [0.25, 0.3) is 0 Å². The Morgan fingerprint density at radius 2 is 1.79 bits per heavy atom. The van der Waals surface area contributed by atoms with Crippen molar-refractivity contribution in [3.8, 4) is 5.75 Å². The molecule has 0 spiro atoms. The van der Waals surface area contributed by atoms with Crippen molar-refractivity contribution in [1.82, 2.24) is 4.90 Å². The second-order valence-corrected chi connectivity index (χ2v) is 9.71. The SMILES string of the molecule is CCOc1ccccc1C(=O)N(Cc1ccc(N(C)C)cc1)[C@H]1CCS(=O)(=O)C1. The Balaban J connectivity index is 1.92. The number of sulfone groups is 1. The smallest absolute Gasteiger partial charge is 0.258 e. The highest BCUT2D eigenvalue weighted by Crippen LogP contribution is 2.26. The van der Waals surface area contributed by atoms with E-state index < -0.39 is 9.84 Å². The van der Waals surface area contributed by atoms with Gasteiger partial charge in [0, 0.05) is 32.4 Å². The summed E-state index contributed by atoms with van der Waals surface area (Å²) < 4.78 is 29.8. The van der Waals surface area contributed by atoms with E-state index in [4.69, 9.17) is 4.74 Å². The summed E-state index contributed by atoms with van der Waals surface area (Å²) in [5.74, 6) is 0.445. The third kappa shape index (κ3) is 5.09. The van der Waals surface area contributed by atoms with Gasteiger partial charge in [0.15, 0.2) is 9.84 Å². The van der Waals surface area contributed by atoms with E-state index >= 15 is 0 Å². The lowest BCUT2D eigenvalue weighted by Gasteiger charge is -2.29. The second kappa shape index (κ2) is 8.86. The third-order valence-electron chi connectivity index (χ3n) is 5.13. The minimum absolute atomic E-state index is 0.00528. The summed E-state index contributed by atoms with van der Waals surface area (Å²) >= 11 is 0. The van der Waals surface area contributed by atoms with Crippen LogP contribution in [0.5, 0.6) is 5.75 Å². The summed E-state index contributed by atoms with van der Waals surface area (Å²) in [4.78, 5) is 17.2. The predicted octanol–water partition coefficient (Wildman–Crippen LogP) is 2.98. The fourth-order valence-electron chi connectivity index (χ4n) is 3.56. The zero-order valence-electron chi connectivity index (χ0n) is 17.2. The molecule has 0 unspecified atom stereocenters. The molecule has 1 aliphatic heterocycles. The van der Waals surface area contributed by atoms with Crippen molar-refractivity contribution in [2.75, 3.05) is 37.1 Å². The molecule has 1 aliphatic rings. The molecule has 1 atom stereocenters. The Morgan fingerprint density at radius 1 is 1.10 bits per heavy atom. The molecule has 1 amide bonds. The van der Waals surface area contributed by atoms with Crippen molar-refractivity contribution in [2.24, 2.45) is 0 Å². The Bertz CT molecular complexity index is 955. The molecular formula is C22H28N2O4S. The normalized spacial score (nSPS) is 17.7. The van der Waals surface area contributed by atoms with E-state index in [1.807, 2.05) is 56.3 Å². The van der Waals surface area contributed by atoms with Crippen LogP contribution in [0.15, 0.2) is 48.5 Å². The topological polar surface area (TPSA) is 66.9 Å². The summed E-state index contributed by atoms with van der Waals surface area (Å²) in [6.45, 7) is 2.68. The molecule has 3 rings (SSSR count). The number of carbonyl (C=O) groups excluding carboxylic acids is 1. The van der Waals surface area contributed by atoms with Crippen molar-refractivity contribution < 1.29 is 17.9 Å². The van der Waals surface area contributed by atoms with Crippen LogP contribution in [-0.4, -0.2) is 57.5 Å². The van der Waals surface area contributed by atoms with Gasteiger partial charge in [-0.05, 0) is 43.2 Å². The van der Waals surface area contributed by atoms with Gasteiger partial charge in [-0.3, -0.25) is 4.79 Å². The van der Waals surface area contributed by atoms with Crippen LogP contribution in [0.3, 0.4) is 0 Å². The molecule has 0 aromatic heterocycles. The Hall–Kier alpha value is -2.54. The highest BCUT2D eigenvalue weighted by Gasteiger charge is 2.35. The van der Waals surface area contributed by atoms with Gasteiger partial charge in [0.1, 0.15) is 5.75 Å². The van der Waals surface area contributed by atoms with Crippen LogP contribution in [0.4, 0.5) is 5.69 Å². The first kappa shape index (κ1) is 21.2. The maximum Gasteiger partial charge on any atom is 0.258 e. The van der Waals surface area contributed by atoms with Crippen molar-refractivity contribution in [2.45, 2.75) is 25.9 Å². The fourth-order valence-corrected chi connectivity index (χ4v) is 5.29. The van der Waals surface area contributed by atoms with Crippen LogP contribution in [-0.2, 0) is 16.4 Å². The van der Waals surface area contributed by atoms with Crippen LogP contribution >= 0.6 is 0 Å². The molecule has 1 fully saturated rings. The quantitative estimate of drug-likeness (QED) is 0.694. The summed E-state index contributed by atoms with van der Waals surface area (Å²) in [6, 6.07) is 14.7. The van der Waals surface area contributed by atoms with Crippen molar-refractivity contribution >= 4 is 21.4 Å². The zero-order chi connectivity index (χ0) is 21.0. The van der Waals surface area contributed by atoms with Crippen LogP contribution < -0.4 is 9.64 Å². The minimum atomic E-state index is -3.12. The average molecular weight is 417 g/mol. The van der Waals surface area contributed by atoms with Crippen molar-refractivity contribution in [1.29, 1.82) is 0 Å². The van der Waals surface area contributed by atoms with E-state index in [-0.39, 0.29) is 23.5 Å². The van der Waals surface area contributed by atoms with Gasteiger partial charge in [0.05, 0.1) is 23.7 Å². The maximum absolute atomic E-state index is 13.5. The Morgan fingerprint density at radius 3 is 2.38 bits per heavy atom. The molecule has 2 aromatic rings. The number of ether oxygens (including phenoxy) is 1. The standard InChI is InChI=1S/C22H28N2O4S/c1-4-28-21-8-6-5-7-20(21)22(25)24(19-13-14-29(26,27)16-19)15-17-9-11-18(12-10-17)23(2)3/h5-12,19H,4,13-16H2,1-3H3/t19-/m0/s1. The molecule has 6 nitrogen and oxygen atoms in total. The molecule has 0 aliphatic carbocycles. The molecule has 0 N–H and O–H groups in total. The molecule has 0 radical (unpaired) electrons. The molecule has 0 bridgehead atoms. The molecule has 156 valence electrons. The summed E-state index contributed by atoms with van der Waals surface area (Å²) in [5.41, 5.74) is 2.49. The maximum atomic E-state index is 13.5. The van der Waals surface area contributed by atoms with E-state index in [0.29, 0.717) is 30.9 Å². The first-order chi connectivity index (χ1) is 13.8. The van der Waals surface area contributed by atoms with Crippen molar-refractivity contribution in [3.63, 3.8) is 0 Å². The second-order valence-electron chi connectivity index (χ2n) is 7.48. The molecule has 29 heavy (non-hydrogen) atoms. The number of benzene rings is 2. The Labute approximate surface area is 173 Å². The van der Waals surface area contributed by atoms with Gasteiger partial charge < -0.3 is 14.5 Å². The first-order valence-electron chi connectivity index (χ1n) is 9.80. The van der Waals surface area contributed by atoms with Gasteiger partial charge in [-0.1, -0.05) is 24.3 Å². The lowest BCUT2D eigenvalue weighted by molar-refractivity contribution is 0.0676. The van der Waals surface area contributed by atoms with E-state index in [1.165, 1.54) is 0 Å². The van der Waals surface area contributed by atoms with Gasteiger partial charge in [-0.15, -0.1) is 0 Å². The molecule has 0 saturated carbocycles. The average Bonchev–Trinajstić information content (AvgIpc) is 3.06. The summed E-state index contributed by atoms with van der Waals surface area (Å²) in [6.07, 6.45) is 0.459.